The minimum Gasteiger partial charge on any atom is -0.497 e. The number of hydrogen-bond acceptors (Lipinski definition) is 3. The normalized spacial score (nSPS) is 20.6. The smallest absolute Gasteiger partial charge is 0.234 e. The van der Waals surface area contributed by atoms with Gasteiger partial charge in [-0.15, -0.1) is 0 Å². The summed E-state index contributed by atoms with van der Waals surface area (Å²) in [6.07, 6.45) is 6.68. The standard InChI is InChI=1S/C12H16N2O2/c1-9(14-12(15)7-8-13)10-3-5-11(16-2)6-4-10/h3,5-6,9-10H,4,7H2,1-2H3,(H,14,15). The van der Waals surface area contributed by atoms with Gasteiger partial charge < -0.3 is 10.1 Å². The average Bonchev–Trinajstić information content (AvgIpc) is 2.29. The van der Waals surface area contributed by atoms with Crippen LogP contribution >= 0.6 is 0 Å². The molecular formula is C12H16N2O2. The van der Waals surface area contributed by atoms with Crippen LogP contribution in [0.1, 0.15) is 19.8 Å². The van der Waals surface area contributed by atoms with Crippen molar-refractivity contribution in [2.45, 2.75) is 25.8 Å². The molecule has 0 saturated heterocycles. The third-order valence-corrected chi connectivity index (χ3v) is 2.61. The van der Waals surface area contributed by atoms with Crippen molar-refractivity contribution in [3.63, 3.8) is 0 Å². The zero-order valence-corrected chi connectivity index (χ0v) is 9.56. The van der Waals surface area contributed by atoms with E-state index in [-0.39, 0.29) is 24.3 Å². The Hall–Kier alpha value is -1.76. The highest BCUT2D eigenvalue weighted by Gasteiger charge is 2.18. The quantitative estimate of drug-likeness (QED) is 0.781. The first-order valence-electron chi connectivity index (χ1n) is 5.26. The molecule has 16 heavy (non-hydrogen) atoms. The van der Waals surface area contributed by atoms with Crippen LogP contribution in [0.15, 0.2) is 24.0 Å². The summed E-state index contributed by atoms with van der Waals surface area (Å²) in [5.41, 5.74) is 0. The lowest BCUT2D eigenvalue weighted by molar-refractivity contribution is -0.120. The lowest BCUT2D eigenvalue weighted by atomic mass is 9.93. The van der Waals surface area contributed by atoms with Crippen LogP contribution in [-0.4, -0.2) is 19.1 Å². The molecule has 0 spiro atoms. The number of rotatable bonds is 4. The molecule has 1 aliphatic carbocycles. The Morgan fingerprint density at radius 3 is 3.06 bits per heavy atom. The van der Waals surface area contributed by atoms with Crippen molar-refractivity contribution in [2.24, 2.45) is 5.92 Å². The number of allylic oxidation sites excluding steroid dienone is 2. The van der Waals surface area contributed by atoms with Gasteiger partial charge in [-0.2, -0.15) is 5.26 Å². The minimum absolute atomic E-state index is 0.0340. The Morgan fingerprint density at radius 2 is 2.56 bits per heavy atom. The monoisotopic (exact) mass is 220 g/mol. The first kappa shape index (κ1) is 12.3. The number of carbonyl (C=O) groups excluding carboxylic acids is 1. The minimum atomic E-state index is -0.218. The predicted octanol–water partition coefficient (Wildman–Crippen LogP) is 1.51. The van der Waals surface area contributed by atoms with Crippen molar-refractivity contribution in [3.8, 4) is 6.07 Å². The molecule has 0 radical (unpaired) electrons. The molecule has 0 heterocycles. The summed E-state index contributed by atoms with van der Waals surface area (Å²) in [4.78, 5) is 11.2. The fraction of sp³-hybridized carbons (Fsp3) is 0.500. The van der Waals surface area contributed by atoms with Crippen molar-refractivity contribution in [1.82, 2.24) is 5.32 Å². The Morgan fingerprint density at radius 1 is 1.81 bits per heavy atom. The van der Waals surface area contributed by atoms with Gasteiger partial charge in [0.15, 0.2) is 0 Å². The summed E-state index contributed by atoms with van der Waals surface area (Å²) in [5.74, 6) is 0.901. The summed E-state index contributed by atoms with van der Waals surface area (Å²) in [7, 11) is 1.63. The molecule has 0 aliphatic heterocycles. The highest BCUT2D eigenvalue weighted by Crippen LogP contribution is 2.19. The van der Waals surface area contributed by atoms with Crippen LogP contribution in [0.25, 0.3) is 0 Å². The van der Waals surface area contributed by atoms with Gasteiger partial charge in [-0.05, 0) is 25.5 Å². The summed E-state index contributed by atoms with van der Waals surface area (Å²) in [5, 5.41) is 11.2. The molecule has 1 aliphatic rings. The molecule has 86 valence electrons. The zero-order chi connectivity index (χ0) is 12.0. The number of nitrogens with one attached hydrogen (secondary N) is 1. The van der Waals surface area contributed by atoms with E-state index in [9.17, 15) is 4.79 Å². The maximum atomic E-state index is 11.2. The van der Waals surface area contributed by atoms with E-state index in [4.69, 9.17) is 10.00 Å². The lowest BCUT2D eigenvalue weighted by Crippen LogP contribution is -2.37. The molecule has 1 rings (SSSR count). The summed E-state index contributed by atoms with van der Waals surface area (Å²) in [6, 6.07) is 1.86. The van der Waals surface area contributed by atoms with Gasteiger partial charge in [-0.1, -0.05) is 6.08 Å². The van der Waals surface area contributed by atoms with E-state index in [2.05, 4.69) is 5.32 Å². The van der Waals surface area contributed by atoms with E-state index in [1.165, 1.54) is 0 Å². The second-order valence-corrected chi connectivity index (χ2v) is 3.76. The topological polar surface area (TPSA) is 62.1 Å². The molecule has 0 aromatic rings. The van der Waals surface area contributed by atoms with E-state index in [0.717, 1.165) is 12.2 Å². The summed E-state index contributed by atoms with van der Waals surface area (Å²) >= 11 is 0. The highest BCUT2D eigenvalue weighted by atomic mass is 16.5. The van der Waals surface area contributed by atoms with Crippen molar-refractivity contribution in [1.29, 1.82) is 5.26 Å². The van der Waals surface area contributed by atoms with E-state index in [1.807, 2.05) is 31.2 Å². The van der Waals surface area contributed by atoms with E-state index >= 15 is 0 Å². The molecular weight excluding hydrogens is 204 g/mol. The maximum absolute atomic E-state index is 11.2. The fourth-order valence-electron chi connectivity index (χ4n) is 1.62. The van der Waals surface area contributed by atoms with Crippen LogP contribution in [0.5, 0.6) is 0 Å². The number of nitriles is 1. The zero-order valence-electron chi connectivity index (χ0n) is 9.56. The van der Waals surface area contributed by atoms with Crippen LogP contribution in [-0.2, 0) is 9.53 Å². The van der Waals surface area contributed by atoms with Crippen LogP contribution in [0.2, 0.25) is 0 Å². The third kappa shape index (κ3) is 3.43. The van der Waals surface area contributed by atoms with E-state index in [1.54, 1.807) is 7.11 Å². The van der Waals surface area contributed by atoms with Gasteiger partial charge in [0.05, 0.1) is 13.2 Å². The Labute approximate surface area is 95.6 Å². The van der Waals surface area contributed by atoms with E-state index < -0.39 is 0 Å². The third-order valence-electron chi connectivity index (χ3n) is 2.61. The Bertz CT molecular complexity index is 353. The second kappa shape index (κ2) is 5.96. The van der Waals surface area contributed by atoms with Crippen LogP contribution in [0.3, 0.4) is 0 Å². The number of hydrogen-bond donors (Lipinski definition) is 1. The van der Waals surface area contributed by atoms with Crippen molar-refractivity contribution >= 4 is 5.91 Å². The first-order chi connectivity index (χ1) is 7.67. The van der Waals surface area contributed by atoms with E-state index in [0.29, 0.717) is 0 Å². The van der Waals surface area contributed by atoms with Crippen LogP contribution in [0, 0.1) is 17.2 Å². The fourth-order valence-corrected chi connectivity index (χ4v) is 1.62. The molecule has 0 aromatic carbocycles. The second-order valence-electron chi connectivity index (χ2n) is 3.76. The molecule has 2 unspecified atom stereocenters. The predicted molar refractivity (Wildman–Crippen MR) is 60.2 cm³/mol. The molecule has 0 bridgehead atoms. The maximum Gasteiger partial charge on any atom is 0.234 e. The number of ether oxygens (including phenoxy) is 1. The summed E-state index contributed by atoms with van der Waals surface area (Å²) in [6.45, 7) is 1.94. The van der Waals surface area contributed by atoms with Crippen molar-refractivity contribution in [2.75, 3.05) is 7.11 Å². The van der Waals surface area contributed by atoms with Gasteiger partial charge >= 0.3 is 0 Å². The number of nitrogens with zero attached hydrogens (tertiary/aromatic N) is 1. The van der Waals surface area contributed by atoms with Crippen molar-refractivity contribution in [3.05, 3.63) is 24.0 Å². The molecule has 0 saturated carbocycles. The largest absolute Gasteiger partial charge is 0.497 e. The molecule has 4 nitrogen and oxygen atoms in total. The summed E-state index contributed by atoms with van der Waals surface area (Å²) < 4.78 is 5.08. The van der Waals surface area contributed by atoms with Crippen molar-refractivity contribution < 1.29 is 9.53 Å². The molecule has 0 aromatic heterocycles. The van der Waals surface area contributed by atoms with Gasteiger partial charge in [-0.3, -0.25) is 4.79 Å². The molecule has 1 amide bonds. The Kier molecular flexibility index (Phi) is 4.59. The molecule has 4 heteroatoms. The van der Waals surface area contributed by atoms with Gasteiger partial charge in [0.1, 0.15) is 12.2 Å². The SMILES string of the molecule is COC1=CCC(C(C)NC(=O)CC#N)C=C1. The molecule has 1 N–H and O–H groups in total. The number of amides is 1. The number of methoxy groups -OCH3 is 1. The lowest BCUT2D eigenvalue weighted by Gasteiger charge is -2.23. The molecule has 0 fully saturated rings. The Balaban J connectivity index is 2.43. The first-order valence-corrected chi connectivity index (χ1v) is 5.26. The van der Waals surface area contributed by atoms with Gasteiger partial charge in [0.2, 0.25) is 5.91 Å². The van der Waals surface area contributed by atoms with Gasteiger partial charge in [0, 0.05) is 12.0 Å². The van der Waals surface area contributed by atoms with Crippen LogP contribution in [0.4, 0.5) is 0 Å². The average molecular weight is 220 g/mol. The van der Waals surface area contributed by atoms with Gasteiger partial charge in [0.25, 0.3) is 0 Å². The van der Waals surface area contributed by atoms with Gasteiger partial charge in [-0.25, -0.2) is 0 Å². The number of carbonyl (C=O) groups is 1. The van der Waals surface area contributed by atoms with Crippen LogP contribution < -0.4 is 5.32 Å². The highest BCUT2D eigenvalue weighted by molar-refractivity contribution is 5.78. The molecule has 2 atom stereocenters.